The quantitative estimate of drug-likeness (QED) is 0.393. The Morgan fingerprint density at radius 1 is 0.774 bits per heavy atom. The number of ether oxygens (including phenoxy) is 1. The predicted octanol–water partition coefficient (Wildman–Crippen LogP) is 6.08. The molecule has 0 atom stereocenters. The molecule has 0 fully saturated rings. The zero-order valence-corrected chi connectivity index (χ0v) is 15.4. The summed E-state index contributed by atoms with van der Waals surface area (Å²) in [5, 5.41) is 2.84. The summed E-state index contributed by atoms with van der Waals surface area (Å²) in [7, 11) is 0. The van der Waals surface area contributed by atoms with E-state index in [1.807, 2.05) is 0 Å². The van der Waals surface area contributed by atoms with Crippen molar-refractivity contribution < 1.29 is 31.1 Å². The third kappa shape index (κ3) is 4.55. The van der Waals surface area contributed by atoms with Crippen molar-refractivity contribution in [2.45, 2.75) is 12.5 Å². The molecule has 0 bridgehead atoms. The lowest BCUT2D eigenvalue weighted by atomic mass is 10.3. The number of halogens is 6. The van der Waals surface area contributed by atoms with Crippen LogP contribution in [0, 0.1) is 0 Å². The normalized spacial score (nSPS) is 12.2. The van der Waals surface area contributed by atoms with Crippen LogP contribution in [0.3, 0.4) is 0 Å². The number of rotatable bonds is 4. The molecule has 1 N–H and O–H groups in total. The number of pyridine rings is 1. The molecule has 2 aromatic carbocycles. The number of anilines is 2. The topological polar surface area (TPSA) is 52.0 Å². The minimum absolute atomic E-state index is 0.0250. The molecule has 0 radical (unpaired) electrons. The smallest absolute Gasteiger partial charge is 0.406 e. The van der Waals surface area contributed by atoms with Gasteiger partial charge in [-0.05, 0) is 48.5 Å². The van der Waals surface area contributed by atoms with Gasteiger partial charge in [0.2, 0.25) is 5.82 Å². The molecule has 0 spiro atoms. The van der Waals surface area contributed by atoms with Crippen molar-refractivity contribution >= 4 is 22.5 Å². The third-order valence-corrected chi connectivity index (χ3v) is 4.14. The van der Waals surface area contributed by atoms with Gasteiger partial charge in [0, 0.05) is 5.69 Å². The molecule has 0 unspecified atom stereocenters. The van der Waals surface area contributed by atoms with E-state index >= 15 is 0 Å². The molecule has 2 aromatic heterocycles. The van der Waals surface area contributed by atoms with E-state index in [1.165, 1.54) is 42.5 Å². The van der Waals surface area contributed by atoms with Crippen molar-refractivity contribution in [2.24, 2.45) is 0 Å². The minimum Gasteiger partial charge on any atom is -0.406 e. The lowest BCUT2D eigenvalue weighted by Crippen LogP contribution is -2.17. The standard InChI is InChI=1S/C20H12F6N4O/c21-19(22,23)18-28-14-4-1-2-5-15(14)30(18)17-7-3-6-16(29-17)27-12-8-10-13(11-9-12)31-20(24,25)26/h1-11H,(H,27,29). The Kier molecular flexibility index (Phi) is 4.96. The molecule has 4 rings (SSSR count). The van der Waals surface area contributed by atoms with Gasteiger partial charge < -0.3 is 10.1 Å². The highest BCUT2D eigenvalue weighted by Crippen LogP contribution is 2.33. The van der Waals surface area contributed by atoms with Crippen molar-refractivity contribution in [1.82, 2.24) is 14.5 Å². The highest BCUT2D eigenvalue weighted by atomic mass is 19.4. The Bertz CT molecular complexity index is 1220. The highest BCUT2D eigenvalue weighted by molar-refractivity contribution is 5.78. The van der Waals surface area contributed by atoms with Gasteiger partial charge in [-0.15, -0.1) is 13.2 Å². The molecule has 31 heavy (non-hydrogen) atoms. The number of aromatic nitrogens is 3. The Morgan fingerprint density at radius 2 is 1.48 bits per heavy atom. The van der Waals surface area contributed by atoms with Crippen LogP contribution in [-0.2, 0) is 6.18 Å². The van der Waals surface area contributed by atoms with Crippen molar-refractivity contribution in [3.8, 4) is 11.6 Å². The van der Waals surface area contributed by atoms with Gasteiger partial charge in [0.05, 0.1) is 11.0 Å². The van der Waals surface area contributed by atoms with E-state index in [0.717, 1.165) is 16.7 Å². The van der Waals surface area contributed by atoms with E-state index in [0.29, 0.717) is 5.69 Å². The second-order valence-corrected chi connectivity index (χ2v) is 6.34. The molecule has 4 aromatic rings. The zero-order valence-electron chi connectivity index (χ0n) is 15.4. The summed E-state index contributed by atoms with van der Waals surface area (Å²) in [6.45, 7) is 0. The number of para-hydroxylation sites is 2. The fraction of sp³-hybridized carbons (Fsp3) is 0.100. The monoisotopic (exact) mass is 438 g/mol. The Hall–Kier alpha value is -3.76. The number of benzene rings is 2. The molecule has 0 aliphatic heterocycles. The van der Waals surface area contributed by atoms with Crippen molar-refractivity contribution in [3.63, 3.8) is 0 Å². The molecular formula is C20H12F6N4O. The fourth-order valence-corrected chi connectivity index (χ4v) is 2.95. The van der Waals surface area contributed by atoms with E-state index in [9.17, 15) is 26.3 Å². The lowest BCUT2D eigenvalue weighted by molar-refractivity contribution is -0.274. The van der Waals surface area contributed by atoms with E-state index in [2.05, 4.69) is 20.0 Å². The SMILES string of the molecule is FC(F)(F)Oc1ccc(Nc2cccc(-n3c(C(F)(F)F)nc4ccccc43)n2)cc1. The van der Waals surface area contributed by atoms with Crippen LogP contribution >= 0.6 is 0 Å². The predicted molar refractivity (Wildman–Crippen MR) is 100 cm³/mol. The molecule has 2 heterocycles. The first-order valence-electron chi connectivity index (χ1n) is 8.75. The number of alkyl halides is 6. The molecule has 160 valence electrons. The van der Waals surface area contributed by atoms with Gasteiger partial charge in [0.15, 0.2) is 0 Å². The number of hydrogen-bond acceptors (Lipinski definition) is 4. The van der Waals surface area contributed by atoms with Gasteiger partial charge in [-0.2, -0.15) is 13.2 Å². The number of nitrogens with zero attached hydrogens (tertiary/aromatic N) is 3. The molecule has 0 saturated heterocycles. The van der Waals surface area contributed by atoms with Crippen LogP contribution in [-0.4, -0.2) is 20.9 Å². The second kappa shape index (κ2) is 7.49. The van der Waals surface area contributed by atoms with Crippen molar-refractivity contribution in [2.75, 3.05) is 5.32 Å². The minimum atomic E-state index is -4.81. The van der Waals surface area contributed by atoms with Crippen molar-refractivity contribution in [3.05, 3.63) is 72.6 Å². The maximum Gasteiger partial charge on any atom is 0.573 e. The van der Waals surface area contributed by atoms with E-state index in [4.69, 9.17) is 0 Å². The van der Waals surface area contributed by atoms with Gasteiger partial charge >= 0.3 is 12.5 Å². The average molecular weight is 438 g/mol. The van der Waals surface area contributed by atoms with E-state index in [-0.39, 0.29) is 22.7 Å². The molecular weight excluding hydrogens is 426 g/mol. The van der Waals surface area contributed by atoms with Crippen molar-refractivity contribution in [1.29, 1.82) is 0 Å². The second-order valence-electron chi connectivity index (χ2n) is 6.34. The number of fused-ring (bicyclic) bond motifs is 1. The maximum atomic E-state index is 13.6. The Labute approximate surface area is 170 Å². The maximum absolute atomic E-state index is 13.6. The Balaban J connectivity index is 1.67. The van der Waals surface area contributed by atoms with Crippen LogP contribution in [0.15, 0.2) is 66.7 Å². The van der Waals surface area contributed by atoms with Crippen LogP contribution in [0.25, 0.3) is 16.9 Å². The molecule has 0 saturated carbocycles. The summed E-state index contributed by atoms with van der Waals surface area (Å²) < 4.78 is 82.2. The highest BCUT2D eigenvalue weighted by Gasteiger charge is 2.38. The Morgan fingerprint density at radius 3 is 2.16 bits per heavy atom. The summed E-state index contributed by atoms with van der Waals surface area (Å²) in [5.74, 6) is -1.36. The molecule has 0 aliphatic carbocycles. The fourth-order valence-electron chi connectivity index (χ4n) is 2.95. The van der Waals surface area contributed by atoms with Gasteiger partial charge in [-0.1, -0.05) is 18.2 Å². The van der Waals surface area contributed by atoms with Crippen LogP contribution in [0.2, 0.25) is 0 Å². The zero-order chi connectivity index (χ0) is 22.2. The largest absolute Gasteiger partial charge is 0.573 e. The first kappa shape index (κ1) is 20.5. The van der Waals surface area contributed by atoms with Gasteiger partial charge in [0.1, 0.15) is 17.4 Å². The molecule has 0 amide bonds. The van der Waals surface area contributed by atoms with Gasteiger partial charge in [-0.3, -0.25) is 4.57 Å². The summed E-state index contributed by atoms with van der Waals surface area (Å²) in [4.78, 5) is 7.90. The summed E-state index contributed by atoms with van der Waals surface area (Å²) in [6.07, 6.45) is -9.52. The van der Waals surface area contributed by atoms with Crippen LogP contribution in [0.5, 0.6) is 5.75 Å². The first-order valence-corrected chi connectivity index (χ1v) is 8.75. The number of imidazole rings is 1. The number of nitrogens with one attached hydrogen (secondary N) is 1. The molecule has 0 aliphatic rings. The van der Waals surface area contributed by atoms with Crippen LogP contribution in [0.4, 0.5) is 37.8 Å². The summed E-state index contributed by atoms with van der Waals surface area (Å²) in [5.41, 5.74) is 0.758. The molecule has 11 heteroatoms. The molecule has 5 nitrogen and oxygen atoms in total. The van der Waals surface area contributed by atoms with Crippen LogP contribution in [0.1, 0.15) is 5.82 Å². The summed E-state index contributed by atoms with van der Waals surface area (Å²) >= 11 is 0. The van der Waals surface area contributed by atoms with E-state index < -0.39 is 24.1 Å². The summed E-state index contributed by atoms with van der Waals surface area (Å²) in [6, 6.07) is 15.4. The van der Waals surface area contributed by atoms with Gasteiger partial charge in [0.25, 0.3) is 0 Å². The van der Waals surface area contributed by atoms with E-state index in [1.54, 1.807) is 12.1 Å². The third-order valence-electron chi connectivity index (χ3n) is 4.14. The van der Waals surface area contributed by atoms with Gasteiger partial charge in [-0.25, -0.2) is 9.97 Å². The lowest BCUT2D eigenvalue weighted by Gasteiger charge is -2.13. The van der Waals surface area contributed by atoms with Crippen LogP contribution < -0.4 is 10.1 Å². The first-order chi connectivity index (χ1) is 14.6. The average Bonchev–Trinajstić information content (AvgIpc) is 3.09. The number of hydrogen-bond donors (Lipinski definition) is 1.